The van der Waals surface area contributed by atoms with Crippen LogP contribution in [-0.2, 0) is 4.79 Å². The van der Waals surface area contributed by atoms with Crippen molar-refractivity contribution in [1.29, 1.82) is 0 Å². The van der Waals surface area contributed by atoms with Crippen LogP contribution in [0.1, 0.15) is 12.0 Å². The van der Waals surface area contributed by atoms with Crippen LogP contribution in [0, 0.1) is 5.92 Å². The topological polar surface area (TPSA) is 41.6 Å². The molecule has 3 rings (SSSR count). The molecule has 1 atom stereocenters. The van der Waals surface area contributed by atoms with Crippen LogP contribution in [0.3, 0.4) is 0 Å². The van der Waals surface area contributed by atoms with Gasteiger partial charge in [0.25, 0.3) is 5.91 Å². The number of nitrogens with one attached hydrogen (secondary N) is 1. The van der Waals surface area contributed by atoms with Gasteiger partial charge in [-0.05, 0) is 50.2 Å². The average molecular weight is 343 g/mol. The Morgan fingerprint density at radius 1 is 1.50 bits per heavy atom. The Balaban J connectivity index is 0.00000176. The van der Waals surface area contributed by atoms with E-state index in [-0.39, 0.29) is 18.3 Å². The second kappa shape index (κ2) is 7.36. The van der Waals surface area contributed by atoms with Gasteiger partial charge in [-0.1, -0.05) is 11.6 Å². The quantitative estimate of drug-likeness (QED) is 0.917. The first-order valence-corrected chi connectivity index (χ1v) is 7.62. The highest BCUT2D eigenvalue weighted by Crippen LogP contribution is 2.30. The molecular formula is C16H20Cl2N2O2. The van der Waals surface area contributed by atoms with Crippen molar-refractivity contribution in [3.05, 3.63) is 34.4 Å². The Morgan fingerprint density at radius 3 is 3.09 bits per heavy atom. The fourth-order valence-corrected chi connectivity index (χ4v) is 3.13. The van der Waals surface area contributed by atoms with E-state index in [4.69, 9.17) is 16.3 Å². The minimum atomic E-state index is 0. The predicted molar refractivity (Wildman–Crippen MR) is 90.8 cm³/mol. The molecule has 2 heterocycles. The molecule has 6 heteroatoms. The molecule has 2 aliphatic heterocycles. The number of amides is 1. The maximum Gasteiger partial charge on any atom is 0.253 e. The van der Waals surface area contributed by atoms with Gasteiger partial charge >= 0.3 is 0 Å². The smallest absolute Gasteiger partial charge is 0.253 e. The number of rotatable bonds is 3. The maximum atomic E-state index is 12.6. The summed E-state index contributed by atoms with van der Waals surface area (Å²) in [6.45, 7) is 2.93. The van der Waals surface area contributed by atoms with Gasteiger partial charge in [-0.15, -0.1) is 12.4 Å². The molecular weight excluding hydrogens is 323 g/mol. The van der Waals surface area contributed by atoms with Crippen LogP contribution >= 0.6 is 24.0 Å². The summed E-state index contributed by atoms with van der Waals surface area (Å²) in [6.07, 6.45) is 2.96. The second-order valence-corrected chi connectivity index (χ2v) is 6.04. The molecule has 1 aromatic rings. The van der Waals surface area contributed by atoms with Gasteiger partial charge in [0.15, 0.2) is 0 Å². The van der Waals surface area contributed by atoms with E-state index >= 15 is 0 Å². The Kier molecular flexibility index (Phi) is 5.73. The van der Waals surface area contributed by atoms with Crippen molar-refractivity contribution >= 4 is 36.0 Å². The fourth-order valence-electron chi connectivity index (χ4n) is 2.95. The summed E-state index contributed by atoms with van der Waals surface area (Å²) in [4.78, 5) is 14.5. The third kappa shape index (κ3) is 3.57. The van der Waals surface area contributed by atoms with E-state index in [1.165, 1.54) is 0 Å². The van der Waals surface area contributed by atoms with E-state index in [1.807, 2.05) is 30.2 Å². The largest absolute Gasteiger partial charge is 0.488 e. The third-order valence-electron chi connectivity index (χ3n) is 4.03. The number of hydrogen-bond donors (Lipinski definition) is 1. The molecule has 0 saturated carbocycles. The van der Waals surface area contributed by atoms with Crippen molar-refractivity contribution in [2.45, 2.75) is 6.42 Å². The molecule has 4 nitrogen and oxygen atoms in total. The molecule has 0 spiro atoms. The molecule has 0 aliphatic carbocycles. The number of hydrogen-bond acceptors (Lipinski definition) is 3. The van der Waals surface area contributed by atoms with Crippen molar-refractivity contribution in [3.63, 3.8) is 0 Å². The van der Waals surface area contributed by atoms with E-state index in [1.54, 1.807) is 6.07 Å². The van der Waals surface area contributed by atoms with Crippen LogP contribution in [0.5, 0.6) is 5.75 Å². The van der Waals surface area contributed by atoms with Gasteiger partial charge in [-0.3, -0.25) is 4.79 Å². The summed E-state index contributed by atoms with van der Waals surface area (Å²) in [5, 5.41) is 3.83. The highest BCUT2D eigenvalue weighted by Gasteiger charge is 2.29. The number of halogens is 2. The number of fused-ring (bicyclic) bond motifs is 1. The van der Waals surface area contributed by atoms with Gasteiger partial charge in [0.2, 0.25) is 0 Å². The molecule has 0 bridgehead atoms. The molecule has 1 aromatic carbocycles. The van der Waals surface area contributed by atoms with Crippen LogP contribution in [-0.4, -0.2) is 44.1 Å². The molecule has 1 amide bonds. The second-order valence-electron chi connectivity index (χ2n) is 5.60. The van der Waals surface area contributed by atoms with E-state index in [2.05, 4.69) is 5.32 Å². The molecule has 2 aliphatic rings. The minimum Gasteiger partial charge on any atom is -0.488 e. The number of nitrogens with zero attached hydrogens (tertiary/aromatic N) is 1. The van der Waals surface area contributed by atoms with Crippen molar-refractivity contribution in [2.75, 3.05) is 33.3 Å². The first-order chi connectivity index (χ1) is 10.2. The summed E-state index contributed by atoms with van der Waals surface area (Å²) >= 11 is 6.00. The lowest BCUT2D eigenvalue weighted by Crippen LogP contribution is -2.33. The Bertz CT molecular complexity index is 590. The van der Waals surface area contributed by atoms with E-state index in [9.17, 15) is 4.79 Å². The number of carbonyl (C=O) groups is 1. The zero-order valence-corrected chi connectivity index (χ0v) is 14.0. The number of benzene rings is 1. The molecule has 1 fully saturated rings. The van der Waals surface area contributed by atoms with Crippen LogP contribution < -0.4 is 10.1 Å². The van der Waals surface area contributed by atoms with Gasteiger partial charge in [0.1, 0.15) is 12.4 Å². The van der Waals surface area contributed by atoms with Crippen molar-refractivity contribution in [3.8, 4) is 5.75 Å². The SMILES string of the molecule is CNCC1CCN(C(=O)C2=Cc3cc(Cl)ccc3OC2)C1.Cl. The lowest BCUT2D eigenvalue weighted by Gasteiger charge is -2.22. The molecule has 1 unspecified atom stereocenters. The molecule has 1 N–H and O–H groups in total. The zero-order chi connectivity index (χ0) is 14.8. The highest BCUT2D eigenvalue weighted by molar-refractivity contribution is 6.30. The number of ether oxygens (including phenoxy) is 1. The van der Waals surface area contributed by atoms with Gasteiger partial charge in [-0.25, -0.2) is 0 Å². The number of likely N-dealkylation sites (tertiary alicyclic amines) is 1. The first-order valence-electron chi connectivity index (χ1n) is 7.24. The standard InChI is InChI=1S/C16H19ClN2O2.ClH/c1-18-8-11-4-5-19(9-11)16(20)13-6-12-7-14(17)2-3-15(12)21-10-13;/h2-3,6-7,11,18H,4-5,8-10H2,1H3;1H. The lowest BCUT2D eigenvalue weighted by atomic mass is 10.1. The third-order valence-corrected chi connectivity index (χ3v) is 4.26. The van der Waals surface area contributed by atoms with Gasteiger partial charge in [0.05, 0.1) is 5.57 Å². The van der Waals surface area contributed by atoms with E-state index < -0.39 is 0 Å². The van der Waals surface area contributed by atoms with Crippen molar-refractivity contribution in [1.82, 2.24) is 10.2 Å². The molecule has 0 radical (unpaired) electrons. The van der Waals surface area contributed by atoms with Crippen LogP contribution in [0.15, 0.2) is 23.8 Å². The van der Waals surface area contributed by atoms with Gasteiger partial charge in [0, 0.05) is 23.7 Å². The van der Waals surface area contributed by atoms with Gasteiger partial charge in [-0.2, -0.15) is 0 Å². The summed E-state index contributed by atoms with van der Waals surface area (Å²) in [5.41, 5.74) is 1.58. The van der Waals surface area contributed by atoms with Crippen LogP contribution in [0.25, 0.3) is 6.08 Å². The van der Waals surface area contributed by atoms with E-state index in [0.29, 0.717) is 23.1 Å². The summed E-state index contributed by atoms with van der Waals surface area (Å²) in [6, 6.07) is 5.47. The Labute approximate surface area is 141 Å². The summed E-state index contributed by atoms with van der Waals surface area (Å²) in [7, 11) is 1.95. The molecule has 1 saturated heterocycles. The Morgan fingerprint density at radius 2 is 2.32 bits per heavy atom. The van der Waals surface area contributed by atoms with Crippen molar-refractivity contribution in [2.24, 2.45) is 5.92 Å². The summed E-state index contributed by atoms with van der Waals surface area (Å²) in [5.74, 6) is 1.41. The zero-order valence-electron chi connectivity index (χ0n) is 12.5. The molecule has 22 heavy (non-hydrogen) atoms. The maximum absolute atomic E-state index is 12.6. The average Bonchev–Trinajstić information content (AvgIpc) is 2.94. The normalized spacial score (nSPS) is 19.8. The minimum absolute atomic E-state index is 0. The predicted octanol–water partition coefficient (Wildman–Crippen LogP) is 2.61. The van der Waals surface area contributed by atoms with Crippen molar-refractivity contribution < 1.29 is 9.53 Å². The molecule has 120 valence electrons. The number of carbonyl (C=O) groups excluding carboxylic acids is 1. The van der Waals surface area contributed by atoms with Crippen LogP contribution in [0.2, 0.25) is 5.02 Å². The summed E-state index contributed by atoms with van der Waals surface area (Å²) < 4.78 is 5.66. The first kappa shape index (κ1) is 17.1. The molecule has 0 aromatic heterocycles. The Hall–Kier alpha value is -1.23. The van der Waals surface area contributed by atoms with E-state index in [0.717, 1.165) is 37.4 Å². The lowest BCUT2D eigenvalue weighted by molar-refractivity contribution is -0.126. The van der Waals surface area contributed by atoms with Gasteiger partial charge < -0.3 is 15.0 Å². The fraction of sp³-hybridized carbons (Fsp3) is 0.438. The highest BCUT2D eigenvalue weighted by atomic mass is 35.5. The van der Waals surface area contributed by atoms with Crippen LogP contribution in [0.4, 0.5) is 0 Å². The monoisotopic (exact) mass is 342 g/mol.